The number of carboxylic acid groups (broad SMARTS) is 1. The van der Waals surface area contributed by atoms with Crippen molar-refractivity contribution in [3.8, 4) is 0 Å². The predicted octanol–water partition coefficient (Wildman–Crippen LogP) is 10.8. The van der Waals surface area contributed by atoms with Crippen LogP contribution >= 0.6 is 7.82 Å². The SMILES string of the molecule is CCCCCCCC/C=C/C/C=C/CCC(=O)OC(COC(=O)CCCCCCCCC/C=C/CCCCCCCC)COP(=O)(O)OC[C@H](N)C(=O)O. The minimum Gasteiger partial charge on any atom is -0.480 e. The van der Waals surface area contributed by atoms with E-state index in [1.54, 1.807) is 0 Å². The Kier molecular flexibility index (Phi) is 36.0. The second-order valence-corrected chi connectivity index (χ2v) is 15.6. The van der Waals surface area contributed by atoms with Crippen LogP contribution in [0, 0.1) is 0 Å². The van der Waals surface area contributed by atoms with Crippen molar-refractivity contribution in [1.29, 1.82) is 0 Å². The number of esters is 2. The molecule has 54 heavy (non-hydrogen) atoms. The molecule has 0 aliphatic heterocycles. The average molecular weight is 786 g/mol. The molecule has 0 amide bonds. The van der Waals surface area contributed by atoms with E-state index >= 15 is 0 Å². The lowest BCUT2D eigenvalue weighted by Gasteiger charge is -2.20. The van der Waals surface area contributed by atoms with Gasteiger partial charge < -0.3 is 25.2 Å². The van der Waals surface area contributed by atoms with Gasteiger partial charge in [0.05, 0.1) is 13.2 Å². The Balaban J connectivity index is 4.43. The number of phosphoric acid groups is 1. The fourth-order valence-corrected chi connectivity index (χ4v) is 6.30. The molecule has 0 heterocycles. The summed E-state index contributed by atoms with van der Waals surface area (Å²) >= 11 is 0. The van der Waals surface area contributed by atoms with Gasteiger partial charge in [0, 0.05) is 12.8 Å². The molecule has 0 bridgehead atoms. The van der Waals surface area contributed by atoms with Crippen LogP contribution in [0.25, 0.3) is 0 Å². The zero-order valence-electron chi connectivity index (χ0n) is 33.8. The number of ether oxygens (including phenoxy) is 2. The largest absolute Gasteiger partial charge is 0.480 e. The zero-order valence-corrected chi connectivity index (χ0v) is 34.7. The van der Waals surface area contributed by atoms with E-state index in [1.165, 1.54) is 103 Å². The van der Waals surface area contributed by atoms with Gasteiger partial charge in [-0.15, -0.1) is 0 Å². The van der Waals surface area contributed by atoms with Crippen molar-refractivity contribution in [3.63, 3.8) is 0 Å². The van der Waals surface area contributed by atoms with E-state index in [0.717, 1.165) is 38.5 Å². The van der Waals surface area contributed by atoms with Crippen LogP contribution in [0.4, 0.5) is 0 Å². The second-order valence-electron chi connectivity index (χ2n) is 14.1. The Morgan fingerprint density at radius 1 is 0.574 bits per heavy atom. The van der Waals surface area contributed by atoms with Gasteiger partial charge in [-0.05, 0) is 57.8 Å². The lowest BCUT2D eigenvalue weighted by molar-refractivity contribution is -0.161. The zero-order chi connectivity index (χ0) is 40.0. The first-order valence-electron chi connectivity index (χ1n) is 21.0. The normalized spacial score (nSPS) is 14.1. The van der Waals surface area contributed by atoms with Gasteiger partial charge in [0.1, 0.15) is 12.6 Å². The summed E-state index contributed by atoms with van der Waals surface area (Å²) in [6.07, 6.45) is 39.4. The number of allylic oxidation sites excluding steroid dienone is 6. The number of phosphoric ester groups is 1. The van der Waals surface area contributed by atoms with E-state index in [0.29, 0.717) is 12.8 Å². The highest BCUT2D eigenvalue weighted by molar-refractivity contribution is 7.47. The smallest absolute Gasteiger partial charge is 0.472 e. The third-order valence-corrected chi connectivity index (χ3v) is 9.82. The molecule has 0 aromatic rings. The highest BCUT2D eigenvalue weighted by atomic mass is 31.2. The number of hydrogen-bond donors (Lipinski definition) is 3. The molecular weight excluding hydrogens is 709 g/mol. The summed E-state index contributed by atoms with van der Waals surface area (Å²) in [5.41, 5.74) is 5.32. The first-order chi connectivity index (χ1) is 26.1. The van der Waals surface area contributed by atoms with Crippen molar-refractivity contribution in [2.45, 2.75) is 193 Å². The molecule has 0 radical (unpaired) electrons. The minimum absolute atomic E-state index is 0.0547. The van der Waals surface area contributed by atoms with Gasteiger partial charge in [-0.25, -0.2) is 4.57 Å². The van der Waals surface area contributed by atoms with Gasteiger partial charge in [-0.2, -0.15) is 0 Å². The molecule has 11 nitrogen and oxygen atoms in total. The highest BCUT2D eigenvalue weighted by Crippen LogP contribution is 2.43. The van der Waals surface area contributed by atoms with Crippen molar-refractivity contribution in [3.05, 3.63) is 36.5 Å². The van der Waals surface area contributed by atoms with Crippen molar-refractivity contribution >= 4 is 25.7 Å². The van der Waals surface area contributed by atoms with E-state index < -0.39 is 51.1 Å². The average Bonchev–Trinajstić information content (AvgIpc) is 3.14. The Morgan fingerprint density at radius 2 is 1.02 bits per heavy atom. The van der Waals surface area contributed by atoms with E-state index in [9.17, 15) is 23.8 Å². The molecule has 0 spiro atoms. The second kappa shape index (κ2) is 37.6. The van der Waals surface area contributed by atoms with Crippen LogP contribution in [0.1, 0.15) is 181 Å². The van der Waals surface area contributed by atoms with Crippen LogP contribution in [0.5, 0.6) is 0 Å². The first kappa shape index (κ1) is 51.7. The quantitative estimate of drug-likeness (QED) is 0.0234. The molecule has 0 aromatic heterocycles. The monoisotopic (exact) mass is 786 g/mol. The number of carbonyl (C=O) groups is 3. The van der Waals surface area contributed by atoms with E-state index in [-0.39, 0.29) is 19.4 Å². The number of rotatable bonds is 39. The number of unbranched alkanes of at least 4 members (excludes halogenated alkanes) is 19. The number of carboxylic acids is 1. The minimum atomic E-state index is -4.73. The Morgan fingerprint density at radius 3 is 1.54 bits per heavy atom. The fraction of sp³-hybridized carbons (Fsp3) is 0.786. The molecule has 0 aliphatic rings. The molecule has 0 saturated carbocycles. The van der Waals surface area contributed by atoms with E-state index in [2.05, 4.69) is 42.7 Å². The molecule has 2 unspecified atom stereocenters. The summed E-state index contributed by atoms with van der Waals surface area (Å²) in [6, 6.07) is -1.53. The maximum atomic E-state index is 12.5. The third-order valence-electron chi connectivity index (χ3n) is 8.87. The van der Waals surface area contributed by atoms with Crippen molar-refractivity contribution in [1.82, 2.24) is 0 Å². The molecule has 12 heteroatoms. The molecule has 0 aromatic carbocycles. The van der Waals surface area contributed by atoms with Crippen LogP contribution in [0.15, 0.2) is 36.5 Å². The summed E-state index contributed by atoms with van der Waals surface area (Å²) in [4.78, 5) is 45.8. The Bertz CT molecular complexity index is 1060. The van der Waals surface area contributed by atoms with Crippen LogP contribution in [-0.4, -0.2) is 59.9 Å². The maximum absolute atomic E-state index is 12.5. The van der Waals surface area contributed by atoms with Gasteiger partial charge >= 0.3 is 25.7 Å². The van der Waals surface area contributed by atoms with Crippen LogP contribution in [0.2, 0.25) is 0 Å². The molecule has 0 saturated heterocycles. The van der Waals surface area contributed by atoms with Gasteiger partial charge in [-0.1, -0.05) is 147 Å². The van der Waals surface area contributed by atoms with E-state index in [4.69, 9.17) is 24.8 Å². The van der Waals surface area contributed by atoms with Crippen LogP contribution in [0.3, 0.4) is 0 Å². The maximum Gasteiger partial charge on any atom is 0.472 e. The lowest BCUT2D eigenvalue weighted by Crippen LogP contribution is -2.34. The molecular formula is C42H76NO10P. The topological polar surface area (TPSA) is 172 Å². The lowest BCUT2D eigenvalue weighted by atomic mass is 10.1. The number of carbonyl (C=O) groups excluding carboxylic acids is 2. The summed E-state index contributed by atoms with van der Waals surface area (Å²) in [7, 11) is -4.73. The van der Waals surface area contributed by atoms with Crippen molar-refractivity contribution in [2.75, 3.05) is 19.8 Å². The summed E-state index contributed by atoms with van der Waals surface area (Å²) in [6.45, 7) is 2.72. The van der Waals surface area contributed by atoms with Crippen LogP contribution < -0.4 is 5.73 Å². The summed E-state index contributed by atoms with van der Waals surface area (Å²) in [5.74, 6) is -2.47. The standard InChI is InChI=1S/C42H76NO10P/c1-3-5-7-9-11-13-15-17-18-19-20-22-23-25-27-29-31-33-40(44)50-35-38(36-51-54(48,49)52-37-39(43)42(46)47)53-41(45)34-32-30-28-26-24-21-16-14-12-10-8-6-4-2/h17-18,21,24,28,30,38-39H,3-16,19-20,22-23,25-27,29,31-37,43H2,1-2H3,(H,46,47)(H,48,49)/b18-17+,24-21+,30-28+/t38?,39-/m0/s1. The summed E-state index contributed by atoms with van der Waals surface area (Å²) in [5, 5.41) is 8.87. The Hall–Kier alpha value is -2.30. The van der Waals surface area contributed by atoms with Gasteiger partial charge in [0.15, 0.2) is 6.10 Å². The molecule has 4 N–H and O–H groups in total. The van der Waals surface area contributed by atoms with Gasteiger partial charge in [0.2, 0.25) is 0 Å². The Labute approximate surface area is 327 Å². The molecule has 0 rings (SSSR count). The van der Waals surface area contributed by atoms with Crippen molar-refractivity contribution < 1.29 is 47.5 Å². The fourth-order valence-electron chi connectivity index (χ4n) is 5.52. The number of aliphatic carboxylic acids is 1. The van der Waals surface area contributed by atoms with Gasteiger partial charge in [-0.3, -0.25) is 23.4 Å². The van der Waals surface area contributed by atoms with E-state index in [1.807, 2.05) is 12.2 Å². The summed E-state index contributed by atoms with van der Waals surface area (Å²) < 4.78 is 32.5. The first-order valence-corrected chi connectivity index (χ1v) is 22.5. The highest BCUT2D eigenvalue weighted by Gasteiger charge is 2.28. The predicted molar refractivity (Wildman–Crippen MR) is 217 cm³/mol. The van der Waals surface area contributed by atoms with Crippen molar-refractivity contribution in [2.24, 2.45) is 5.73 Å². The third kappa shape index (κ3) is 36.7. The molecule has 314 valence electrons. The number of nitrogens with two attached hydrogens (primary N) is 1. The van der Waals surface area contributed by atoms with Gasteiger partial charge in [0.25, 0.3) is 0 Å². The number of hydrogen-bond acceptors (Lipinski definition) is 9. The molecule has 3 atom stereocenters. The van der Waals surface area contributed by atoms with Crippen LogP contribution in [-0.2, 0) is 37.5 Å². The molecule has 0 fully saturated rings. The molecule has 0 aliphatic carbocycles.